The first-order valence-corrected chi connectivity index (χ1v) is 6.52. The number of hydrogen-bond donors (Lipinski definition) is 1. The summed E-state index contributed by atoms with van der Waals surface area (Å²) in [5.41, 5.74) is 0. The van der Waals surface area contributed by atoms with Gasteiger partial charge in [-0.15, -0.1) is 10.2 Å². The van der Waals surface area contributed by atoms with E-state index in [1.807, 2.05) is 12.1 Å². The predicted molar refractivity (Wildman–Crippen MR) is 66.9 cm³/mol. The molecule has 0 amide bonds. The van der Waals surface area contributed by atoms with Crippen molar-refractivity contribution < 1.29 is 4.42 Å². The maximum atomic E-state index is 5.37. The van der Waals surface area contributed by atoms with Crippen LogP contribution in [0.4, 0.5) is 0 Å². The van der Waals surface area contributed by atoms with Gasteiger partial charge in [0.15, 0.2) is 0 Å². The van der Waals surface area contributed by atoms with Gasteiger partial charge in [-0.05, 0) is 31.9 Å². The summed E-state index contributed by atoms with van der Waals surface area (Å²) in [6.45, 7) is 3.87. The Morgan fingerprint density at radius 2 is 2.39 bits per heavy atom. The second-order valence-corrected chi connectivity index (χ2v) is 4.76. The fourth-order valence-corrected chi connectivity index (χ4v) is 2.38. The van der Waals surface area contributed by atoms with E-state index in [0.717, 1.165) is 36.9 Å². The minimum atomic E-state index is 0.191. The van der Waals surface area contributed by atoms with Crippen LogP contribution in [0.5, 0.6) is 0 Å². The van der Waals surface area contributed by atoms with Gasteiger partial charge in [0.05, 0.1) is 18.8 Å². The third kappa shape index (κ3) is 2.18. The largest absolute Gasteiger partial charge is 0.468 e. The van der Waals surface area contributed by atoms with E-state index in [1.165, 1.54) is 12.8 Å². The lowest BCUT2D eigenvalue weighted by Gasteiger charge is -2.16. The third-order valence-corrected chi connectivity index (χ3v) is 3.47. The van der Waals surface area contributed by atoms with E-state index in [0.29, 0.717) is 0 Å². The van der Waals surface area contributed by atoms with Crippen LogP contribution in [0, 0.1) is 0 Å². The van der Waals surface area contributed by atoms with Crippen LogP contribution in [0.25, 0.3) is 0 Å². The summed E-state index contributed by atoms with van der Waals surface area (Å²) in [7, 11) is 0. The summed E-state index contributed by atoms with van der Waals surface area (Å²) in [6.07, 6.45) is 5.22. The van der Waals surface area contributed by atoms with Crippen LogP contribution < -0.4 is 5.32 Å². The number of fused-ring (bicyclic) bond motifs is 1. The Kier molecular flexibility index (Phi) is 3.15. The standard InChI is InChI=1S/C13H18N4O/c1-10(11-5-4-8-18-11)14-9-13-16-15-12-6-2-3-7-17(12)13/h4-5,8,10,14H,2-3,6-7,9H2,1H3. The fourth-order valence-electron chi connectivity index (χ4n) is 2.38. The Labute approximate surface area is 106 Å². The molecule has 0 saturated heterocycles. The van der Waals surface area contributed by atoms with Crippen LogP contribution in [0.15, 0.2) is 22.8 Å². The average Bonchev–Trinajstić information content (AvgIpc) is 3.06. The number of aryl methyl sites for hydroxylation is 1. The SMILES string of the molecule is CC(NCc1nnc2n1CCCC2)c1ccco1. The first-order valence-electron chi connectivity index (χ1n) is 6.52. The van der Waals surface area contributed by atoms with Gasteiger partial charge in [-0.2, -0.15) is 0 Å². The zero-order valence-corrected chi connectivity index (χ0v) is 10.6. The van der Waals surface area contributed by atoms with Crippen LogP contribution in [-0.2, 0) is 19.5 Å². The summed E-state index contributed by atoms with van der Waals surface area (Å²) in [5, 5.41) is 11.9. The molecule has 2 aromatic rings. The molecule has 18 heavy (non-hydrogen) atoms. The van der Waals surface area contributed by atoms with E-state index in [1.54, 1.807) is 6.26 Å². The number of furan rings is 1. The number of nitrogens with one attached hydrogen (secondary N) is 1. The topological polar surface area (TPSA) is 55.9 Å². The lowest BCUT2D eigenvalue weighted by Crippen LogP contribution is -2.22. The van der Waals surface area contributed by atoms with Crippen molar-refractivity contribution in [1.29, 1.82) is 0 Å². The maximum Gasteiger partial charge on any atom is 0.147 e. The van der Waals surface area contributed by atoms with Crippen molar-refractivity contribution in [2.45, 2.75) is 45.3 Å². The Balaban J connectivity index is 1.65. The van der Waals surface area contributed by atoms with Gasteiger partial charge in [-0.3, -0.25) is 0 Å². The molecular formula is C13H18N4O. The molecule has 0 aliphatic carbocycles. The van der Waals surface area contributed by atoms with Crippen LogP contribution in [0.2, 0.25) is 0 Å². The van der Waals surface area contributed by atoms with Crippen molar-refractivity contribution in [3.05, 3.63) is 35.8 Å². The van der Waals surface area contributed by atoms with E-state index < -0.39 is 0 Å². The van der Waals surface area contributed by atoms with E-state index in [2.05, 4.69) is 27.0 Å². The van der Waals surface area contributed by atoms with Gasteiger partial charge in [0.25, 0.3) is 0 Å². The summed E-state index contributed by atoms with van der Waals surface area (Å²) in [4.78, 5) is 0. The molecule has 1 aliphatic rings. The molecular weight excluding hydrogens is 228 g/mol. The fraction of sp³-hybridized carbons (Fsp3) is 0.538. The van der Waals surface area contributed by atoms with E-state index >= 15 is 0 Å². The molecule has 1 unspecified atom stereocenters. The Morgan fingerprint density at radius 3 is 3.22 bits per heavy atom. The van der Waals surface area contributed by atoms with Gasteiger partial charge in [-0.25, -0.2) is 0 Å². The minimum Gasteiger partial charge on any atom is -0.468 e. The van der Waals surface area contributed by atoms with Crippen molar-refractivity contribution in [3.63, 3.8) is 0 Å². The van der Waals surface area contributed by atoms with Gasteiger partial charge in [0.1, 0.15) is 17.4 Å². The molecule has 1 aliphatic heterocycles. The van der Waals surface area contributed by atoms with Crippen molar-refractivity contribution in [2.24, 2.45) is 0 Å². The van der Waals surface area contributed by atoms with Gasteiger partial charge < -0.3 is 14.3 Å². The quantitative estimate of drug-likeness (QED) is 0.897. The van der Waals surface area contributed by atoms with Crippen molar-refractivity contribution >= 4 is 0 Å². The molecule has 3 heterocycles. The average molecular weight is 246 g/mol. The van der Waals surface area contributed by atoms with Crippen LogP contribution in [0.1, 0.15) is 43.2 Å². The Bertz CT molecular complexity index is 503. The molecule has 3 rings (SSSR count). The highest BCUT2D eigenvalue weighted by molar-refractivity contribution is 5.04. The lowest BCUT2D eigenvalue weighted by atomic mass is 10.1. The van der Waals surface area contributed by atoms with Crippen molar-refractivity contribution in [3.8, 4) is 0 Å². The predicted octanol–water partition coefficient (Wildman–Crippen LogP) is 2.06. The zero-order chi connectivity index (χ0) is 12.4. The summed E-state index contributed by atoms with van der Waals surface area (Å²) in [5.74, 6) is 3.11. The van der Waals surface area contributed by atoms with Crippen molar-refractivity contribution in [2.75, 3.05) is 0 Å². The molecule has 0 bridgehead atoms. The molecule has 0 saturated carbocycles. The van der Waals surface area contributed by atoms with Crippen LogP contribution in [-0.4, -0.2) is 14.8 Å². The molecule has 1 atom stereocenters. The highest BCUT2D eigenvalue weighted by Crippen LogP contribution is 2.16. The monoisotopic (exact) mass is 246 g/mol. The van der Waals surface area contributed by atoms with Crippen LogP contribution >= 0.6 is 0 Å². The molecule has 2 aromatic heterocycles. The van der Waals surface area contributed by atoms with E-state index in [-0.39, 0.29) is 6.04 Å². The lowest BCUT2D eigenvalue weighted by molar-refractivity contribution is 0.419. The second kappa shape index (κ2) is 4.94. The molecule has 0 fully saturated rings. The smallest absolute Gasteiger partial charge is 0.147 e. The molecule has 96 valence electrons. The summed E-state index contributed by atoms with van der Waals surface area (Å²) in [6, 6.07) is 4.08. The minimum absolute atomic E-state index is 0.191. The number of aromatic nitrogens is 3. The molecule has 0 aromatic carbocycles. The number of hydrogen-bond acceptors (Lipinski definition) is 4. The number of rotatable bonds is 4. The van der Waals surface area contributed by atoms with Crippen LogP contribution in [0.3, 0.4) is 0 Å². The first kappa shape index (κ1) is 11.5. The Hall–Kier alpha value is -1.62. The van der Waals surface area contributed by atoms with Crippen molar-refractivity contribution in [1.82, 2.24) is 20.1 Å². The summed E-state index contributed by atoms with van der Waals surface area (Å²) >= 11 is 0. The molecule has 5 heteroatoms. The van der Waals surface area contributed by atoms with Gasteiger partial charge in [0.2, 0.25) is 0 Å². The van der Waals surface area contributed by atoms with Gasteiger partial charge in [-0.1, -0.05) is 0 Å². The molecule has 0 spiro atoms. The third-order valence-electron chi connectivity index (χ3n) is 3.47. The molecule has 1 N–H and O–H groups in total. The van der Waals surface area contributed by atoms with E-state index in [4.69, 9.17) is 4.42 Å². The maximum absolute atomic E-state index is 5.37. The zero-order valence-electron chi connectivity index (χ0n) is 10.6. The Morgan fingerprint density at radius 1 is 1.44 bits per heavy atom. The molecule has 0 radical (unpaired) electrons. The second-order valence-electron chi connectivity index (χ2n) is 4.76. The summed E-state index contributed by atoms with van der Waals surface area (Å²) < 4.78 is 7.61. The van der Waals surface area contributed by atoms with Gasteiger partial charge in [0, 0.05) is 13.0 Å². The normalized spacial score (nSPS) is 16.5. The van der Waals surface area contributed by atoms with E-state index in [9.17, 15) is 0 Å². The molecule has 5 nitrogen and oxygen atoms in total. The first-order chi connectivity index (χ1) is 8.84. The van der Waals surface area contributed by atoms with Gasteiger partial charge >= 0.3 is 0 Å². The number of nitrogens with zero attached hydrogens (tertiary/aromatic N) is 3. The highest BCUT2D eigenvalue weighted by atomic mass is 16.3. The highest BCUT2D eigenvalue weighted by Gasteiger charge is 2.16.